The summed E-state index contributed by atoms with van der Waals surface area (Å²) in [5.41, 5.74) is 2.10. The number of pyridine rings is 1. The maximum absolute atomic E-state index is 11.7. The maximum Gasteiger partial charge on any atom is 0.315 e. The highest BCUT2D eigenvalue weighted by Gasteiger charge is 2.01. The van der Waals surface area contributed by atoms with Gasteiger partial charge in [-0.05, 0) is 35.7 Å². The van der Waals surface area contributed by atoms with E-state index in [9.17, 15) is 4.79 Å². The summed E-state index contributed by atoms with van der Waals surface area (Å²) in [7, 11) is 1.64. The molecule has 0 aliphatic heterocycles. The van der Waals surface area contributed by atoms with E-state index in [0.717, 1.165) is 23.3 Å². The maximum atomic E-state index is 11.7. The van der Waals surface area contributed by atoms with Gasteiger partial charge in [-0.3, -0.25) is 4.98 Å². The molecule has 2 N–H and O–H groups in total. The summed E-state index contributed by atoms with van der Waals surface area (Å²) in [6.45, 7) is 1.05. The predicted octanol–water partition coefficient (Wildman–Crippen LogP) is 2.13. The van der Waals surface area contributed by atoms with Crippen molar-refractivity contribution in [3.05, 3.63) is 59.9 Å². The molecule has 0 saturated heterocycles. The zero-order chi connectivity index (χ0) is 14.9. The largest absolute Gasteiger partial charge is 0.497 e. The molecule has 1 aromatic heterocycles. The van der Waals surface area contributed by atoms with Gasteiger partial charge in [0.2, 0.25) is 0 Å². The molecule has 0 unspecified atom stereocenters. The second kappa shape index (κ2) is 7.89. The lowest BCUT2D eigenvalue weighted by Crippen LogP contribution is -2.36. The summed E-state index contributed by atoms with van der Waals surface area (Å²) in [6, 6.07) is 11.4. The molecule has 2 rings (SSSR count). The molecule has 0 aliphatic rings. The molecule has 0 bridgehead atoms. The van der Waals surface area contributed by atoms with Crippen LogP contribution < -0.4 is 15.4 Å². The number of nitrogens with one attached hydrogen (secondary N) is 2. The van der Waals surface area contributed by atoms with Crippen molar-refractivity contribution >= 4 is 6.03 Å². The number of benzene rings is 1. The van der Waals surface area contributed by atoms with E-state index in [1.807, 2.05) is 36.4 Å². The summed E-state index contributed by atoms with van der Waals surface area (Å²) < 4.78 is 5.16. The van der Waals surface area contributed by atoms with Gasteiger partial charge in [0.05, 0.1) is 7.11 Å². The van der Waals surface area contributed by atoms with Crippen LogP contribution in [-0.2, 0) is 13.0 Å². The third-order valence-corrected chi connectivity index (χ3v) is 3.01. The van der Waals surface area contributed by atoms with E-state index in [0.29, 0.717) is 13.1 Å². The van der Waals surface area contributed by atoms with E-state index < -0.39 is 0 Å². The van der Waals surface area contributed by atoms with Crippen LogP contribution in [0.1, 0.15) is 11.1 Å². The fourth-order valence-electron chi connectivity index (χ4n) is 1.90. The Kier molecular flexibility index (Phi) is 5.58. The monoisotopic (exact) mass is 285 g/mol. The Morgan fingerprint density at radius 3 is 2.81 bits per heavy atom. The van der Waals surface area contributed by atoms with Gasteiger partial charge in [0.1, 0.15) is 5.75 Å². The summed E-state index contributed by atoms with van der Waals surface area (Å²) >= 11 is 0. The lowest BCUT2D eigenvalue weighted by Gasteiger charge is -2.08. The van der Waals surface area contributed by atoms with Crippen LogP contribution in [0.25, 0.3) is 0 Å². The van der Waals surface area contributed by atoms with Gasteiger partial charge in [-0.25, -0.2) is 4.79 Å². The van der Waals surface area contributed by atoms with Gasteiger partial charge in [0.15, 0.2) is 0 Å². The standard InChI is InChI=1S/C16H19N3O2/c1-21-15-6-2-4-13(10-15)7-9-18-16(20)19-12-14-5-3-8-17-11-14/h2-6,8,10-11H,7,9,12H2,1H3,(H2,18,19,20). The first kappa shape index (κ1) is 14.8. The average Bonchev–Trinajstić information content (AvgIpc) is 2.54. The Labute approximate surface area is 124 Å². The number of hydrogen-bond donors (Lipinski definition) is 2. The zero-order valence-electron chi connectivity index (χ0n) is 12.0. The molecular formula is C16H19N3O2. The lowest BCUT2D eigenvalue weighted by molar-refractivity contribution is 0.240. The quantitative estimate of drug-likeness (QED) is 0.854. The highest BCUT2D eigenvalue weighted by atomic mass is 16.5. The number of carbonyl (C=O) groups excluding carboxylic acids is 1. The van der Waals surface area contributed by atoms with Gasteiger partial charge in [-0.1, -0.05) is 18.2 Å². The Bertz CT molecular complexity index is 573. The van der Waals surface area contributed by atoms with Crippen LogP contribution in [0.5, 0.6) is 5.75 Å². The molecule has 0 radical (unpaired) electrons. The topological polar surface area (TPSA) is 63.2 Å². The Morgan fingerprint density at radius 1 is 1.19 bits per heavy atom. The van der Waals surface area contributed by atoms with Gasteiger partial charge in [-0.2, -0.15) is 0 Å². The van der Waals surface area contributed by atoms with E-state index in [1.54, 1.807) is 19.5 Å². The fourth-order valence-corrected chi connectivity index (χ4v) is 1.90. The summed E-state index contributed by atoms with van der Waals surface area (Å²) in [4.78, 5) is 15.7. The van der Waals surface area contributed by atoms with Crippen LogP contribution in [0, 0.1) is 0 Å². The average molecular weight is 285 g/mol. The van der Waals surface area contributed by atoms with E-state index in [-0.39, 0.29) is 6.03 Å². The molecule has 1 heterocycles. The molecule has 1 aromatic carbocycles. The molecule has 2 aromatic rings. The lowest BCUT2D eigenvalue weighted by atomic mass is 10.1. The van der Waals surface area contributed by atoms with Crippen LogP contribution >= 0.6 is 0 Å². The molecule has 0 spiro atoms. The molecule has 2 amide bonds. The molecule has 5 nitrogen and oxygen atoms in total. The van der Waals surface area contributed by atoms with Gasteiger partial charge in [0, 0.05) is 25.5 Å². The van der Waals surface area contributed by atoms with Crippen molar-refractivity contribution in [2.24, 2.45) is 0 Å². The van der Waals surface area contributed by atoms with Crippen molar-refractivity contribution in [1.29, 1.82) is 0 Å². The van der Waals surface area contributed by atoms with Crippen LogP contribution in [0.15, 0.2) is 48.8 Å². The number of carbonyl (C=O) groups is 1. The van der Waals surface area contributed by atoms with Crippen molar-refractivity contribution in [3.63, 3.8) is 0 Å². The smallest absolute Gasteiger partial charge is 0.315 e. The first-order chi connectivity index (χ1) is 10.3. The van der Waals surface area contributed by atoms with Gasteiger partial charge in [-0.15, -0.1) is 0 Å². The number of ether oxygens (including phenoxy) is 1. The second-order valence-electron chi connectivity index (χ2n) is 4.57. The van der Waals surface area contributed by atoms with Crippen LogP contribution in [0.3, 0.4) is 0 Å². The summed E-state index contributed by atoms with van der Waals surface area (Å²) in [5.74, 6) is 0.827. The number of amides is 2. The first-order valence-corrected chi connectivity index (χ1v) is 6.81. The first-order valence-electron chi connectivity index (χ1n) is 6.81. The van der Waals surface area contributed by atoms with Crippen LogP contribution in [0.2, 0.25) is 0 Å². The van der Waals surface area contributed by atoms with Crippen LogP contribution in [-0.4, -0.2) is 24.7 Å². The minimum Gasteiger partial charge on any atom is -0.497 e. The molecule has 0 saturated carbocycles. The molecular weight excluding hydrogens is 266 g/mol. The number of nitrogens with zero attached hydrogens (tertiary/aromatic N) is 1. The highest BCUT2D eigenvalue weighted by Crippen LogP contribution is 2.12. The van der Waals surface area contributed by atoms with Crippen molar-refractivity contribution in [1.82, 2.24) is 15.6 Å². The van der Waals surface area contributed by atoms with E-state index in [4.69, 9.17) is 4.74 Å². The third kappa shape index (κ3) is 5.14. The number of urea groups is 1. The van der Waals surface area contributed by atoms with Crippen molar-refractivity contribution in [2.75, 3.05) is 13.7 Å². The Morgan fingerprint density at radius 2 is 2.05 bits per heavy atom. The molecule has 0 aliphatic carbocycles. The highest BCUT2D eigenvalue weighted by molar-refractivity contribution is 5.73. The normalized spacial score (nSPS) is 9.95. The molecule has 0 fully saturated rings. The van der Waals surface area contributed by atoms with Crippen molar-refractivity contribution in [2.45, 2.75) is 13.0 Å². The number of hydrogen-bond acceptors (Lipinski definition) is 3. The molecule has 0 atom stereocenters. The summed E-state index contributed by atoms with van der Waals surface area (Å²) in [5, 5.41) is 5.62. The third-order valence-electron chi connectivity index (χ3n) is 3.01. The predicted molar refractivity (Wildman–Crippen MR) is 81.2 cm³/mol. The van der Waals surface area contributed by atoms with Crippen LogP contribution in [0.4, 0.5) is 4.79 Å². The van der Waals surface area contributed by atoms with Crippen molar-refractivity contribution in [3.8, 4) is 5.75 Å². The fraction of sp³-hybridized carbons (Fsp3) is 0.250. The SMILES string of the molecule is COc1cccc(CCNC(=O)NCc2cccnc2)c1. The van der Waals surface area contributed by atoms with Gasteiger partial charge >= 0.3 is 6.03 Å². The zero-order valence-corrected chi connectivity index (χ0v) is 12.0. The summed E-state index contributed by atoms with van der Waals surface area (Å²) in [6.07, 6.45) is 4.20. The molecule has 21 heavy (non-hydrogen) atoms. The van der Waals surface area contributed by atoms with Crippen molar-refractivity contribution < 1.29 is 9.53 Å². The van der Waals surface area contributed by atoms with E-state index >= 15 is 0 Å². The number of aromatic nitrogens is 1. The Balaban J connectivity index is 1.69. The molecule has 110 valence electrons. The Hall–Kier alpha value is -2.56. The van der Waals surface area contributed by atoms with E-state index in [1.165, 1.54) is 0 Å². The number of methoxy groups -OCH3 is 1. The van der Waals surface area contributed by atoms with Gasteiger partial charge in [0.25, 0.3) is 0 Å². The van der Waals surface area contributed by atoms with E-state index in [2.05, 4.69) is 15.6 Å². The molecule has 5 heteroatoms. The number of rotatable bonds is 6. The minimum atomic E-state index is -0.179. The minimum absolute atomic E-state index is 0.179. The van der Waals surface area contributed by atoms with Gasteiger partial charge < -0.3 is 15.4 Å². The second-order valence-corrected chi connectivity index (χ2v) is 4.57.